The normalized spacial score (nSPS) is 16.4. The predicted molar refractivity (Wildman–Crippen MR) is 112 cm³/mol. The van der Waals surface area contributed by atoms with Crippen LogP contribution in [0.1, 0.15) is 30.7 Å². The van der Waals surface area contributed by atoms with Gasteiger partial charge in [-0.2, -0.15) is 4.98 Å². The number of thioether (sulfide) groups is 1. The first-order chi connectivity index (χ1) is 14.2. The second-order valence-electron chi connectivity index (χ2n) is 6.91. The maximum absolute atomic E-state index is 12.5. The first-order valence-corrected chi connectivity index (χ1v) is 10.9. The van der Waals surface area contributed by atoms with E-state index in [1.165, 1.54) is 4.90 Å². The van der Waals surface area contributed by atoms with Gasteiger partial charge in [-0.3, -0.25) is 4.79 Å². The number of aromatic nitrogens is 2. The molecule has 0 N–H and O–H groups in total. The molecule has 2 heterocycles. The van der Waals surface area contributed by atoms with E-state index in [-0.39, 0.29) is 11.8 Å². The van der Waals surface area contributed by atoms with E-state index in [0.29, 0.717) is 43.6 Å². The van der Waals surface area contributed by atoms with Crippen LogP contribution in [0.2, 0.25) is 0 Å². The highest BCUT2D eigenvalue weighted by atomic mass is 32.2. The van der Waals surface area contributed by atoms with Crippen LogP contribution < -0.4 is 4.74 Å². The van der Waals surface area contributed by atoms with E-state index < -0.39 is 0 Å². The molecule has 1 aliphatic rings. The molecule has 0 bridgehead atoms. The highest BCUT2D eigenvalue weighted by molar-refractivity contribution is 7.98. The predicted octanol–water partition coefficient (Wildman–Crippen LogP) is 4.37. The Kier molecular flexibility index (Phi) is 5.85. The highest BCUT2D eigenvalue weighted by Crippen LogP contribution is 2.32. The van der Waals surface area contributed by atoms with Gasteiger partial charge in [0.2, 0.25) is 5.91 Å². The molecule has 0 saturated carbocycles. The number of likely N-dealkylation sites (tertiary alicyclic amines) is 1. The zero-order valence-electron chi connectivity index (χ0n) is 16.5. The van der Waals surface area contributed by atoms with E-state index >= 15 is 0 Å². The van der Waals surface area contributed by atoms with Crippen LogP contribution >= 0.6 is 11.8 Å². The van der Waals surface area contributed by atoms with E-state index in [1.807, 2.05) is 36.1 Å². The zero-order valence-corrected chi connectivity index (χ0v) is 17.3. The van der Waals surface area contributed by atoms with Crippen molar-refractivity contribution in [2.75, 3.05) is 19.4 Å². The molecule has 1 atom stereocenters. The van der Waals surface area contributed by atoms with Crippen LogP contribution in [-0.2, 0) is 11.3 Å². The van der Waals surface area contributed by atoms with Crippen molar-refractivity contribution in [1.82, 2.24) is 15.0 Å². The van der Waals surface area contributed by atoms with Gasteiger partial charge < -0.3 is 14.2 Å². The summed E-state index contributed by atoms with van der Waals surface area (Å²) >= 11 is 1.71. The lowest BCUT2D eigenvalue weighted by Crippen LogP contribution is -2.24. The summed E-state index contributed by atoms with van der Waals surface area (Å²) in [6.07, 6.45) is 2.45. The minimum absolute atomic E-state index is 0.0651. The highest BCUT2D eigenvalue weighted by Gasteiger charge is 2.34. The van der Waals surface area contributed by atoms with Gasteiger partial charge in [0.05, 0.1) is 12.2 Å². The molecule has 3 aromatic rings. The first-order valence-electron chi connectivity index (χ1n) is 9.64. The average molecular weight is 410 g/mol. The van der Waals surface area contributed by atoms with Gasteiger partial charge in [0, 0.05) is 30.3 Å². The van der Waals surface area contributed by atoms with Crippen molar-refractivity contribution in [2.24, 2.45) is 0 Å². The van der Waals surface area contributed by atoms with Crippen LogP contribution in [0.5, 0.6) is 5.75 Å². The van der Waals surface area contributed by atoms with Gasteiger partial charge in [-0.1, -0.05) is 29.4 Å². The lowest BCUT2D eigenvalue weighted by atomic mass is 10.1. The number of rotatable bonds is 7. The molecule has 1 aromatic heterocycles. The number of hydrogen-bond acceptors (Lipinski definition) is 6. The van der Waals surface area contributed by atoms with Gasteiger partial charge in [0.1, 0.15) is 5.75 Å². The largest absolute Gasteiger partial charge is 0.493 e. The minimum Gasteiger partial charge on any atom is -0.493 e. The Labute approximate surface area is 174 Å². The maximum Gasteiger partial charge on any atom is 0.261 e. The van der Waals surface area contributed by atoms with Crippen molar-refractivity contribution in [2.45, 2.75) is 30.7 Å². The van der Waals surface area contributed by atoms with E-state index in [1.54, 1.807) is 11.8 Å². The van der Waals surface area contributed by atoms with Crippen molar-refractivity contribution in [1.29, 1.82) is 0 Å². The molecule has 7 heteroatoms. The lowest BCUT2D eigenvalue weighted by Gasteiger charge is -2.16. The number of hydrogen-bond donors (Lipinski definition) is 0. The number of carbonyl (C=O) groups excluding carboxylic acids is 1. The summed E-state index contributed by atoms with van der Waals surface area (Å²) in [6, 6.07) is 15.9. The van der Waals surface area contributed by atoms with Crippen molar-refractivity contribution >= 4 is 17.7 Å². The molecule has 150 valence electrons. The fourth-order valence-corrected chi connectivity index (χ4v) is 3.89. The number of benzene rings is 2. The summed E-state index contributed by atoms with van der Waals surface area (Å²) in [5, 5.41) is 4.15. The third kappa shape index (κ3) is 4.29. The van der Waals surface area contributed by atoms with Gasteiger partial charge >= 0.3 is 0 Å². The quantitative estimate of drug-likeness (QED) is 0.540. The van der Waals surface area contributed by atoms with Crippen molar-refractivity contribution < 1.29 is 14.1 Å². The summed E-state index contributed by atoms with van der Waals surface area (Å²) in [5.41, 5.74) is 1.89. The third-order valence-corrected chi connectivity index (χ3v) is 5.71. The topological polar surface area (TPSA) is 68.5 Å². The molecule has 1 fully saturated rings. The Hall–Kier alpha value is -2.80. The van der Waals surface area contributed by atoms with Crippen molar-refractivity contribution in [3.63, 3.8) is 0 Å². The molecule has 0 spiro atoms. The summed E-state index contributed by atoms with van der Waals surface area (Å²) in [4.78, 5) is 20.2. The van der Waals surface area contributed by atoms with Crippen molar-refractivity contribution in [3.8, 4) is 17.2 Å². The summed E-state index contributed by atoms with van der Waals surface area (Å²) in [6.45, 7) is 3.68. The van der Waals surface area contributed by atoms with Crippen LogP contribution in [0.4, 0.5) is 0 Å². The van der Waals surface area contributed by atoms with Gasteiger partial charge in [-0.05, 0) is 43.0 Å². The second-order valence-corrected chi connectivity index (χ2v) is 7.79. The van der Waals surface area contributed by atoms with Crippen LogP contribution in [0.3, 0.4) is 0 Å². The van der Waals surface area contributed by atoms with Gasteiger partial charge in [0.25, 0.3) is 5.89 Å². The van der Waals surface area contributed by atoms with Gasteiger partial charge in [-0.25, -0.2) is 0 Å². The molecule has 1 aliphatic heterocycles. The first kappa shape index (κ1) is 19.5. The molecule has 2 aromatic carbocycles. The lowest BCUT2D eigenvalue weighted by molar-refractivity contribution is -0.128. The van der Waals surface area contributed by atoms with Crippen LogP contribution in [0.15, 0.2) is 57.9 Å². The molecule has 4 rings (SSSR count). The SMILES string of the molecule is CCOc1ccccc1-c1nc(C2CC(=O)N(Cc3ccc(SC)cc3)C2)no1. The smallest absolute Gasteiger partial charge is 0.261 e. The van der Waals surface area contributed by atoms with Crippen LogP contribution in [0, 0.1) is 0 Å². The Balaban J connectivity index is 1.47. The molecule has 1 amide bonds. The molecule has 0 radical (unpaired) electrons. The molecule has 29 heavy (non-hydrogen) atoms. The van der Waals surface area contributed by atoms with E-state index in [9.17, 15) is 4.79 Å². The molecule has 1 saturated heterocycles. The number of ether oxygens (including phenoxy) is 1. The molecule has 1 unspecified atom stereocenters. The third-order valence-electron chi connectivity index (χ3n) is 4.97. The van der Waals surface area contributed by atoms with Crippen LogP contribution in [-0.4, -0.2) is 40.4 Å². The zero-order chi connectivity index (χ0) is 20.2. The monoisotopic (exact) mass is 409 g/mol. The van der Waals surface area contributed by atoms with Gasteiger partial charge in [0.15, 0.2) is 5.82 Å². The molecule has 0 aliphatic carbocycles. The molecular weight excluding hydrogens is 386 g/mol. The number of nitrogens with zero attached hydrogens (tertiary/aromatic N) is 3. The minimum atomic E-state index is -0.0651. The molecule has 6 nitrogen and oxygen atoms in total. The van der Waals surface area contributed by atoms with Crippen molar-refractivity contribution in [3.05, 3.63) is 59.9 Å². The second kappa shape index (κ2) is 8.69. The fourth-order valence-electron chi connectivity index (χ4n) is 3.48. The standard InChI is InChI=1S/C22H23N3O3S/c1-3-27-19-7-5-4-6-18(19)22-23-21(24-28-22)16-12-20(26)25(14-16)13-15-8-10-17(29-2)11-9-15/h4-11,16H,3,12-14H2,1-2H3. The number of para-hydroxylation sites is 1. The molecular formula is C22H23N3O3S. The Morgan fingerprint density at radius 2 is 2.00 bits per heavy atom. The summed E-state index contributed by atoms with van der Waals surface area (Å²) in [7, 11) is 0. The van der Waals surface area contributed by atoms with Crippen LogP contribution in [0.25, 0.3) is 11.5 Å². The summed E-state index contributed by atoms with van der Waals surface area (Å²) < 4.78 is 11.1. The Bertz CT molecular complexity index is 987. The number of amides is 1. The average Bonchev–Trinajstić information content (AvgIpc) is 3.37. The Morgan fingerprint density at radius 1 is 1.21 bits per heavy atom. The van der Waals surface area contributed by atoms with Gasteiger partial charge in [-0.15, -0.1) is 11.8 Å². The number of carbonyl (C=O) groups is 1. The fraction of sp³-hybridized carbons (Fsp3) is 0.318. The van der Waals surface area contributed by atoms with E-state index in [0.717, 1.165) is 11.1 Å². The van der Waals surface area contributed by atoms with E-state index in [2.05, 4.69) is 40.7 Å². The maximum atomic E-state index is 12.5. The Morgan fingerprint density at radius 3 is 2.76 bits per heavy atom. The van der Waals surface area contributed by atoms with E-state index in [4.69, 9.17) is 9.26 Å². The summed E-state index contributed by atoms with van der Waals surface area (Å²) in [5.74, 6) is 1.75.